The van der Waals surface area contributed by atoms with E-state index in [1.54, 1.807) is 0 Å². The maximum Gasteiger partial charge on any atom is 0.0234 e. The molecule has 0 saturated carbocycles. The van der Waals surface area contributed by atoms with Crippen molar-refractivity contribution >= 4 is 37.1 Å². The second kappa shape index (κ2) is 20.8. The van der Waals surface area contributed by atoms with E-state index in [1.807, 2.05) is 13.8 Å². The smallest absolute Gasteiger partial charge is 0.0234 e. The molecular formula is C43H47NP2Ru. The van der Waals surface area contributed by atoms with Gasteiger partial charge in [0.25, 0.3) is 0 Å². The van der Waals surface area contributed by atoms with Crippen LogP contribution in [-0.2, 0) is 26.0 Å². The molecule has 0 unspecified atom stereocenters. The molecule has 1 heterocycles. The van der Waals surface area contributed by atoms with Crippen LogP contribution in [0, 0.1) is 39.5 Å². The number of hydrogen-bond acceptors (Lipinski definition) is 1. The summed E-state index contributed by atoms with van der Waals surface area (Å²) in [5, 5.41) is 5.95. The van der Waals surface area contributed by atoms with Gasteiger partial charge in [-0.1, -0.05) is 166 Å². The Morgan fingerprint density at radius 1 is 0.489 bits per heavy atom. The van der Waals surface area contributed by atoms with Crippen molar-refractivity contribution in [3.05, 3.63) is 197 Å². The molecule has 4 heteroatoms. The summed E-state index contributed by atoms with van der Waals surface area (Å²) in [6.45, 7) is 20.7. The molecule has 0 aromatic heterocycles. The van der Waals surface area contributed by atoms with Crippen molar-refractivity contribution in [1.29, 1.82) is 0 Å². The van der Waals surface area contributed by atoms with Crippen molar-refractivity contribution in [2.75, 3.05) is 13.1 Å². The predicted molar refractivity (Wildman–Crippen MR) is 207 cm³/mol. The third-order valence-electron chi connectivity index (χ3n) is 7.38. The van der Waals surface area contributed by atoms with Gasteiger partial charge in [0, 0.05) is 50.4 Å². The summed E-state index contributed by atoms with van der Waals surface area (Å²) in [5.41, 5.74) is 2.52. The van der Waals surface area contributed by atoms with E-state index in [4.69, 9.17) is 0 Å². The van der Waals surface area contributed by atoms with Gasteiger partial charge < -0.3 is 0 Å². The van der Waals surface area contributed by atoms with Crippen molar-refractivity contribution in [3.63, 3.8) is 0 Å². The Bertz CT molecular complexity index is 1320. The minimum absolute atomic E-state index is 0. The van der Waals surface area contributed by atoms with Crippen LogP contribution in [0.1, 0.15) is 19.4 Å². The fraction of sp³-hybridized carbons (Fsp3) is 0.163. The molecule has 1 fully saturated rings. The zero-order chi connectivity index (χ0) is 32.7. The number of hydrogen-bond donors (Lipinski definition) is 0. The minimum Gasteiger partial charge on any atom is -0.298 e. The van der Waals surface area contributed by atoms with Crippen molar-refractivity contribution in [3.8, 4) is 0 Å². The molecule has 0 N–H and O–H groups in total. The average molecular weight is 741 g/mol. The number of likely N-dealkylation sites (tertiary alicyclic amines) is 1. The molecule has 5 aromatic rings. The summed E-state index contributed by atoms with van der Waals surface area (Å²) >= 11 is 0. The van der Waals surface area contributed by atoms with Crippen LogP contribution >= 0.6 is 15.8 Å². The Balaban J connectivity index is 0.000000602. The maximum absolute atomic E-state index is 3.44. The summed E-state index contributed by atoms with van der Waals surface area (Å²) in [6.07, 6.45) is 0. The topological polar surface area (TPSA) is 3.24 Å². The summed E-state index contributed by atoms with van der Waals surface area (Å²) in [6, 6.07) is 56.3. The van der Waals surface area contributed by atoms with E-state index in [0.29, 0.717) is 11.3 Å². The van der Waals surface area contributed by atoms with E-state index in [2.05, 4.69) is 184 Å². The fourth-order valence-corrected chi connectivity index (χ4v) is 12.3. The Labute approximate surface area is 301 Å². The van der Waals surface area contributed by atoms with Gasteiger partial charge in [-0.15, -0.1) is 0 Å². The standard InChI is InChI=1S/C35H33NP2.2C4H7.Ru/c1-6-16-29(17-7-1)26-36-27-34(37(30-18-8-2-9-19-30)31-20-10-3-11-21-31)35(28-36)38(32-22-12-4-13-23-32)33-24-14-5-15-25-33;2*1-4(2)3;/h1-25,34-35H,26-28H2;2*1-2H2,3H3;/t34-,35-;;;/m0.../s1. The molecule has 6 radical (unpaired) electrons. The van der Waals surface area contributed by atoms with E-state index in [0.717, 1.165) is 31.5 Å². The number of rotatable bonds is 8. The number of nitrogens with zero attached hydrogens (tertiary/aromatic N) is 1. The molecule has 1 saturated heterocycles. The molecule has 2 atom stereocenters. The van der Waals surface area contributed by atoms with E-state index >= 15 is 0 Å². The third kappa shape index (κ3) is 12.5. The molecule has 5 aromatic carbocycles. The molecule has 1 nitrogen and oxygen atoms in total. The first-order chi connectivity index (χ1) is 22.3. The molecule has 1 aliphatic rings. The van der Waals surface area contributed by atoms with Crippen LogP contribution in [-0.4, -0.2) is 29.3 Å². The first kappa shape index (κ1) is 39.0. The molecule has 0 spiro atoms. The second-order valence-corrected chi connectivity index (χ2v) is 16.7. The average Bonchev–Trinajstić information content (AvgIpc) is 3.45. The number of benzene rings is 5. The molecule has 0 amide bonds. The first-order valence-corrected chi connectivity index (χ1v) is 18.7. The predicted octanol–water partition coefficient (Wildman–Crippen LogP) is 9.00. The molecule has 0 bridgehead atoms. The Hall–Kier alpha value is -2.46. The van der Waals surface area contributed by atoms with Crippen LogP contribution in [0.3, 0.4) is 0 Å². The third-order valence-corrected chi connectivity index (χ3v) is 13.4. The van der Waals surface area contributed by atoms with Crippen molar-refractivity contribution < 1.29 is 19.5 Å². The quantitative estimate of drug-likeness (QED) is 0.114. The van der Waals surface area contributed by atoms with E-state index in [-0.39, 0.29) is 19.5 Å². The summed E-state index contributed by atoms with van der Waals surface area (Å²) in [5.74, 6) is 1.83. The fourth-order valence-electron chi connectivity index (χ4n) is 5.74. The van der Waals surface area contributed by atoms with Gasteiger partial charge in [0.15, 0.2) is 0 Å². The Kier molecular flexibility index (Phi) is 17.3. The summed E-state index contributed by atoms with van der Waals surface area (Å²) in [4.78, 5) is 2.73. The minimum atomic E-state index is -0.531. The van der Waals surface area contributed by atoms with Gasteiger partial charge in [0.1, 0.15) is 0 Å². The normalized spacial score (nSPS) is 15.9. The van der Waals surface area contributed by atoms with Gasteiger partial charge in [-0.05, 0) is 82.2 Å². The molecule has 6 rings (SSSR count). The van der Waals surface area contributed by atoms with Gasteiger partial charge in [-0.25, -0.2) is 0 Å². The molecule has 242 valence electrons. The van der Waals surface area contributed by atoms with Crippen molar-refractivity contribution in [2.45, 2.75) is 31.7 Å². The zero-order valence-corrected chi connectivity index (χ0v) is 31.3. The zero-order valence-electron chi connectivity index (χ0n) is 27.7. The van der Waals surface area contributed by atoms with E-state index in [9.17, 15) is 0 Å². The largest absolute Gasteiger partial charge is 0.298 e. The van der Waals surface area contributed by atoms with Gasteiger partial charge in [-0.2, -0.15) is 0 Å². The van der Waals surface area contributed by atoms with Crippen LogP contribution in [0.2, 0.25) is 0 Å². The van der Waals surface area contributed by atoms with Crippen LogP contribution in [0.5, 0.6) is 0 Å². The van der Waals surface area contributed by atoms with Crippen LogP contribution in [0.25, 0.3) is 0 Å². The van der Waals surface area contributed by atoms with Crippen LogP contribution in [0.4, 0.5) is 0 Å². The Morgan fingerprint density at radius 2 is 0.723 bits per heavy atom. The van der Waals surface area contributed by atoms with Gasteiger partial charge >= 0.3 is 0 Å². The van der Waals surface area contributed by atoms with Gasteiger partial charge in [-0.3, -0.25) is 4.90 Å². The monoisotopic (exact) mass is 741 g/mol. The summed E-state index contributed by atoms with van der Waals surface area (Å²) < 4.78 is 0. The van der Waals surface area contributed by atoms with Crippen molar-refractivity contribution in [1.82, 2.24) is 4.90 Å². The molecule has 0 aliphatic carbocycles. The first-order valence-electron chi connectivity index (χ1n) is 15.8. The van der Waals surface area contributed by atoms with Crippen molar-refractivity contribution in [2.24, 2.45) is 0 Å². The SMILES string of the molecule is [CH2][C]([CH2])C.[CH2][C]([CH2])C.[Ru].c1ccc(CN2C[C@H](P(c3ccccc3)c3ccccc3)[C@@H](P(c3ccccc3)c3ccccc3)C2)cc1. The van der Waals surface area contributed by atoms with E-state index in [1.165, 1.54) is 26.8 Å². The molecule has 47 heavy (non-hydrogen) atoms. The van der Waals surface area contributed by atoms with Gasteiger partial charge in [0.2, 0.25) is 0 Å². The van der Waals surface area contributed by atoms with Crippen LogP contribution < -0.4 is 21.2 Å². The van der Waals surface area contributed by atoms with Crippen LogP contribution in [0.15, 0.2) is 152 Å². The van der Waals surface area contributed by atoms with E-state index < -0.39 is 15.8 Å². The summed E-state index contributed by atoms with van der Waals surface area (Å²) in [7, 11) is -1.06. The van der Waals surface area contributed by atoms with Gasteiger partial charge in [0.05, 0.1) is 0 Å². The molecule has 1 aliphatic heterocycles. The second-order valence-electron chi connectivity index (χ2n) is 11.8. The molecular weight excluding hydrogens is 693 g/mol. The Morgan fingerprint density at radius 3 is 0.979 bits per heavy atom. The maximum atomic E-state index is 3.44.